The maximum atomic E-state index is 10.5. The normalized spacial score (nSPS) is 12.0. The Hall–Kier alpha value is -2.63. The Kier molecular flexibility index (Phi) is 3.20. The summed E-state index contributed by atoms with van der Waals surface area (Å²) in [5, 5.41) is 21.6. The van der Waals surface area contributed by atoms with Gasteiger partial charge in [0.25, 0.3) is 0 Å². The number of nitriles is 1. The first-order chi connectivity index (χ1) is 9.78. The molecular formula is C18H13NO. The molecule has 0 saturated heterocycles. The van der Waals surface area contributed by atoms with E-state index in [0.29, 0.717) is 5.56 Å². The molecule has 1 N–H and O–H groups in total. The smallest absolute Gasteiger partial charge is 0.104 e. The van der Waals surface area contributed by atoms with E-state index in [2.05, 4.69) is 6.07 Å². The first-order valence-corrected chi connectivity index (χ1v) is 6.45. The van der Waals surface area contributed by atoms with Crippen LogP contribution >= 0.6 is 0 Å². The van der Waals surface area contributed by atoms with Crippen LogP contribution in [0.15, 0.2) is 66.7 Å². The maximum absolute atomic E-state index is 10.5. The summed E-state index contributed by atoms with van der Waals surface area (Å²) in [7, 11) is 0. The van der Waals surface area contributed by atoms with Crippen molar-refractivity contribution in [1.82, 2.24) is 0 Å². The van der Waals surface area contributed by atoms with Crippen LogP contribution in [0.3, 0.4) is 0 Å². The fourth-order valence-electron chi connectivity index (χ4n) is 2.35. The van der Waals surface area contributed by atoms with E-state index < -0.39 is 6.10 Å². The maximum Gasteiger partial charge on any atom is 0.104 e. The monoisotopic (exact) mass is 259 g/mol. The lowest BCUT2D eigenvalue weighted by Gasteiger charge is -2.12. The molecule has 0 bridgehead atoms. The van der Waals surface area contributed by atoms with Crippen molar-refractivity contribution in [1.29, 1.82) is 5.26 Å². The highest BCUT2D eigenvalue weighted by molar-refractivity contribution is 5.83. The van der Waals surface area contributed by atoms with E-state index in [0.717, 1.165) is 21.9 Å². The van der Waals surface area contributed by atoms with Crippen molar-refractivity contribution in [3.05, 3.63) is 83.4 Å². The molecule has 3 rings (SSSR count). The number of hydrogen-bond acceptors (Lipinski definition) is 2. The molecule has 0 aliphatic rings. The van der Waals surface area contributed by atoms with Gasteiger partial charge < -0.3 is 5.11 Å². The number of aliphatic hydroxyl groups is 1. The average Bonchev–Trinajstić information content (AvgIpc) is 2.53. The molecule has 0 aliphatic heterocycles. The van der Waals surface area contributed by atoms with E-state index in [9.17, 15) is 5.11 Å². The predicted octanol–water partition coefficient (Wildman–Crippen LogP) is 3.79. The third-order valence-corrected chi connectivity index (χ3v) is 3.42. The summed E-state index contributed by atoms with van der Waals surface area (Å²) in [5.41, 5.74) is 2.13. The van der Waals surface area contributed by atoms with Gasteiger partial charge in [-0.2, -0.15) is 5.26 Å². The van der Waals surface area contributed by atoms with Gasteiger partial charge in [-0.05, 0) is 40.1 Å². The zero-order chi connectivity index (χ0) is 13.9. The van der Waals surface area contributed by atoms with Crippen molar-refractivity contribution < 1.29 is 5.11 Å². The summed E-state index contributed by atoms with van der Waals surface area (Å²) < 4.78 is 0. The third kappa shape index (κ3) is 2.27. The molecule has 2 nitrogen and oxygen atoms in total. The zero-order valence-corrected chi connectivity index (χ0v) is 10.8. The fourth-order valence-corrected chi connectivity index (χ4v) is 2.35. The molecule has 0 heterocycles. The Labute approximate surface area is 117 Å². The van der Waals surface area contributed by atoms with E-state index in [1.165, 1.54) is 0 Å². The SMILES string of the molecule is N#Cc1cccc([C@@H](O)c2ccc3ccccc3c2)c1. The number of nitrogens with zero attached hydrogens (tertiary/aromatic N) is 1. The van der Waals surface area contributed by atoms with Crippen LogP contribution in [0, 0.1) is 11.3 Å². The molecular weight excluding hydrogens is 246 g/mol. The lowest BCUT2D eigenvalue weighted by atomic mass is 9.97. The molecule has 20 heavy (non-hydrogen) atoms. The minimum atomic E-state index is -0.715. The molecule has 1 atom stereocenters. The molecule has 96 valence electrons. The summed E-state index contributed by atoms with van der Waals surface area (Å²) >= 11 is 0. The Balaban J connectivity index is 2.03. The van der Waals surface area contributed by atoms with Gasteiger partial charge in [0.2, 0.25) is 0 Å². The number of hydrogen-bond donors (Lipinski definition) is 1. The summed E-state index contributed by atoms with van der Waals surface area (Å²) in [4.78, 5) is 0. The standard InChI is InChI=1S/C18H13NO/c19-12-13-4-3-7-16(10-13)18(20)17-9-8-14-5-1-2-6-15(14)11-17/h1-11,18,20H/t18-/m1/s1. The van der Waals surface area contributed by atoms with E-state index in [1.54, 1.807) is 18.2 Å². The second kappa shape index (κ2) is 5.16. The number of aliphatic hydroxyl groups excluding tert-OH is 1. The highest BCUT2D eigenvalue weighted by Gasteiger charge is 2.11. The van der Waals surface area contributed by atoms with Gasteiger partial charge in [0, 0.05) is 0 Å². The Morgan fingerprint density at radius 3 is 2.35 bits per heavy atom. The van der Waals surface area contributed by atoms with Crippen molar-refractivity contribution in [2.45, 2.75) is 6.10 Å². The second-order valence-electron chi connectivity index (χ2n) is 4.75. The van der Waals surface area contributed by atoms with Gasteiger partial charge in [-0.3, -0.25) is 0 Å². The van der Waals surface area contributed by atoms with Gasteiger partial charge in [-0.1, -0.05) is 48.5 Å². The third-order valence-electron chi connectivity index (χ3n) is 3.42. The predicted molar refractivity (Wildman–Crippen MR) is 79.2 cm³/mol. The molecule has 0 fully saturated rings. The van der Waals surface area contributed by atoms with E-state index in [-0.39, 0.29) is 0 Å². The molecule has 2 heteroatoms. The molecule has 0 spiro atoms. The van der Waals surface area contributed by atoms with Gasteiger partial charge >= 0.3 is 0 Å². The van der Waals surface area contributed by atoms with Crippen molar-refractivity contribution >= 4 is 10.8 Å². The fraction of sp³-hybridized carbons (Fsp3) is 0.0556. The van der Waals surface area contributed by atoms with Crippen LogP contribution in [0.4, 0.5) is 0 Å². The summed E-state index contributed by atoms with van der Waals surface area (Å²) in [6, 6.07) is 23.1. The second-order valence-corrected chi connectivity index (χ2v) is 4.75. The van der Waals surface area contributed by atoms with Crippen LogP contribution in [0.25, 0.3) is 10.8 Å². The summed E-state index contributed by atoms with van der Waals surface area (Å²) in [6.07, 6.45) is -0.715. The first kappa shape index (κ1) is 12.4. The zero-order valence-electron chi connectivity index (χ0n) is 10.8. The molecule has 0 aromatic heterocycles. The van der Waals surface area contributed by atoms with Crippen LogP contribution in [0.5, 0.6) is 0 Å². The van der Waals surface area contributed by atoms with Crippen molar-refractivity contribution in [2.24, 2.45) is 0 Å². The van der Waals surface area contributed by atoms with Crippen LogP contribution < -0.4 is 0 Å². The topological polar surface area (TPSA) is 44.0 Å². The largest absolute Gasteiger partial charge is 0.384 e. The van der Waals surface area contributed by atoms with Gasteiger partial charge in [0.05, 0.1) is 11.6 Å². The minimum absolute atomic E-state index is 0.558. The van der Waals surface area contributed by atoms with Gasteiger partial charge in [0.1, 0.15) is 6.10 Å². The Morgan fingerprint density at radius 1 is 0.800 bits per heavy atom. The van der Waals surface area contributed by atoms with E-state index in [4.69, 9.17) is 5.26 Å². The Morgan fingerprint density at radius 2 is 1.55 bits per heavy atom. The molecule has 0 amide bonds. The van der Waals surface area contributed by atoms with Gasteiger partial charge in [0.15, 0.2) is 0 Å². The number of fused-ring (bicyclic) bond motifs is 1. The minimum Gasteiger partial charge on any atom is -0.384 e. The Bertz CT molecular complexity index is 802. The van der Waals surface area contributed by atoms with Crippen LogP contribution in [0.1, 0.15) is 22.8 Å². The number of benzene rings is 3. The molecule has 0 radical (unpaired) electrons. The van der Waals surface area contributed by atoms with Crippen molar-refractivity contribution in [3.63, 3.8) is 0 Å². The quantitative estimate of drug-likeness (QED) is 0.760. The lowest BCUT2D eigenvalue weighted by molar-refractivity contribution is 0.220. The van der Waals surface area contributed by atoms with Gasteiger partial charge in [-0.15, -0.1) is 0 Å². The van der Waals surface area contributed by atoms with Crippen molar-refractivity contribution in [2.75, 3.05) is 0 Å². The summed E-state index contributed by atoms with van der Waals surface area (Å²) in [5.74, 6) is 0. The van der Waals surface area contributed by atoms with E-state index >= 15 is 0 Å². The average molecular weight is 259 g/mol. The summed E-state index contributed by atoms with van der Waals surface area (Å²) in [6.45, 7) is 0. The van der Waals surface area contributed by atoms with E-state index in [1.807, 2.05) is 48.5 Å². The highest BCUT2D eigenvalue weighted by Crippen LogP contribution is 2.25. The first-order valence-electron chi connectivity index (χ1n) is 6.45. The molecule has 3 aromatic rings. The molecule has 0 saturated carbocycles. The number of rotatable bonds is 2. The van der Waals surface area contributed by atoms with Gasteiger partial charge in [-0.25, -0.2) is 0 Å². The molecule has 3 aromatic carbocycles. The lowest BCUT2D eigenvalue weighted by Crippen LogP contribution is -1.99. The van der Waals surface area contributed by atoms with Crippen LogP contribution in [0.2, 0.25) is 0 Å². The molecule has 0 unspecified atom stereocenters. The van der Waals surface area contributed by atoms with Crippen LogP contribution in [-0.2, 0) is 0 Å². The van der Waals surface area contributed by atoms with Crippen molar-refractivity contribution in [3.8, 4) is 6.07 Å². The van der Waals surface area contributed by atoms with Crippen LogP contribution in [-0.4, -0.2) is 5.11 Å². The molecule has 0 aliphatic carbocycles. The highest BCUT2D eigenvalue weighted by atomic mass is 16.3.